The third-order valence-corrected chi connectivity index (χ3v) is 3.26. The first kappa shape index (κ1) is 14.5. The minimum absolute atomic E-state index is 0.842. The van der Waals surface area contributed by atoms with Gasteiger partial charge >= 0.3 is 0 Å². The minimum atomic E-state index is 0.842. The molecule has 2 aromatic heterocycles. The Hall–Kier alpha value is -1.91. The molecule has 0 aliphatic carbocycles. The Morgan fingerprint density at radius 1 is 1.10 bits per heavy atom. The second-order valence-electron chi connectivity index (χ2n) is 4.77. The lowest BCUT2D eigenvalue weighted by Crippen LogP contribution is -2.09. The van der Waals surface area contributed by atoms with E-state index in [2.05, 4.69) is 47.2 Å². The van der Waals surface area contributed by atoms with Crippen LogP contribution in [-0.4, -0.2) is 26.8 Å². The van der Waals surface area contributed by atoms with Crippen molar-refractivity contribution in [2.24, 2.45) is 0 Å². The van der Waals surface area contributed by atoms with Gasteiger partial charge in [-0.05, 0) is 25.3 Å². The first-order chi connectivity index (χ1) is 9.71. The lowest BCUT2D eigenvalue weighted by atomic mass is 10.2. The SMILES string of the molecule is CCCc1nc(NC)cc(-n2nc(CC)cc2CC)n1. The molecule has 0 bridgehead atoms. The van der Waals surface area contributed by atoms with E-state index < -0.39 is 0 Å². The number of nitrogens with zero attached hydrogens (tertiary/aromatic N) is 4. The average molecular weight is 273 g/mol. The molecule has 108 valence electrons. The van der Waals surface area contributed by atoms with E-state index in [-0.39, 0.29) is 0 Å². The molecule has 2 rings (SSSR count). The zero-order valence-electron chi connectivity index (χ0n) is 12.8. The van der Waals surface area contributed by atoms with Crippen molar-refractivity contribution in [3.63, 3.8) is 0 Å². The molecule has 5 heteroatoms. The van der Waals surface area contributed by atoms with Crippen molar-refractivity contribution in [2.75, 3.05) is 12.4 Å². The van der Waals surface area contributed by atoms with Gasteiger partial charge in [0.15, 0.2) is 5.82 Å². The zero-order valence-corrected chi connectivity index (χ0v) is 12.8. The summed E-state index contributed by atoms with van der Waals surface area (Å²) in [7, 11) is 1.88. The number of nitrogens with one attached hydrogen (secondary N) is 1. The number of hydrogen-bond acceptors (Lipinski definition) is 4. The van der Waals surface area contributed by atoms with Gasteiger partial charge in [-0.2, -0.15) is 5.10 Å². The van der Waals surface area contributed by atoms with E-state index in [4.69, 9.17) is 0 Å². The van der Waals surface area contributed by atoms with Crippen LogP contribution in [0.25, 0.3) is 5.82 Å². The van der Waals surface area contributed by atoms with Gasteiger partial charge in [-0.25, -0.2) is 14.6 Å². The molecule has 20 heavy (non-hydrogen) atoms. The van der Waals surface area contributed by atoms with E-state index in [1.165, 1.54) is 5.69 Å². The molecule has 0 aromatic carbocycles. The summed E-state index contributed by atoms with van der Waals surface area (Å²) in [5.74, 6) is 2.56. The summed E-state index contributed by atoms with van der Waals surface area (Å²) < 4.78 is 1.94. The van der Waals surface area contributed by atoms with Crippen molar-refractivity contribution in [2.45, 2.75) is 46.5 Å². The Labute approximate surface area is 120 Å². The van der Waals surface area contributed by atoms with Crippen LogP contribution in [0.5, 0.6) is 0 Å². The molecule has 1 N–H and O–H groups in total. The minimum Gasteiger partial charge on any atom is -0.373 e. The molecule has 0 unspecified atom stereocenters. The van der Waals surface area contributed by atoms with Crippen molar-refractivity contribution in [1.82, 2.24) is 19.7 Å². The standard InChI is InChI=1S/C15H23N5/c1-5-8-13-17-14(16-4)10-15(18-13)20-12(7-3)9-11(6-2)19-20/h9-10H,5-8H2,1-4H3,(H,16,17,18). The normalized spacial score (nSPS) is 10.8. The van der Waals surface area contributed by atoms with Crippen LogP contribution >= 0.6 is 0 Å². The predicted octanol–water partition coefficient (Wildman–Crippen LogP) is 2.78. The van der Waals surface area contributed by atoms with E-state index in [1.807, 2.05) is 17.8 Å². The molecule has 2 heterocycles. The Morgan fingerprint density at radius 3 is 2.50 bits per heavy atom. The molecule has 0 radical (unpaired) electrons. The van der Waals surface area contributed by atoms with Gasteiger partial charge in [0.1, 0.15) is 11.6 Å². The van der Waals surface area contributed by atoms with Crippen LogP contribution in [0.3, 0.4) is 0 Å². The van der Waals surface area contributed by atoms with E-state index in [0.29, 0.717) is 0 Å². The van der Waals surface area contributed by atoms with Crippen LogP contribution in [0.4, 0.5) is 5.82 Å². The molecule has 2 aromatic rings. The molecule has 0 amide bonds. The Morgan fingerprint density at radius 2 is 1.90 bits per heavy atom. The highest BCUT2D eigenvalue weighted by atomic mass is 15.3. The van der Waals surface area contributed by atoms with Gasteiger partial charge in [-0.3, -0.25) is 0 Å². The van der Waals surface area contributed by atoms with Crippen molar-refractivity contribution in [1.29, 1.82) is 0 Å². The molecule has 0 fully saturated rings. The highest BCUT2D eigenvalue weighted by molar-refractivity contribution is 5.41. The van der Waals surface area contributed by atoms with Gasteiger partial charge in [0.25, 0.3) is 0 Å². The van der Waals surface area contributed by atoms with E-state index in [9.17, 15) is 0 Å². The lowest BCUT2D eigenvalue weighted by Gasteiger charge is -2.09. The van der Waals surface area contributed by atoms with Crippen LogP contribution in [0.2, 0.25) is 0 Å². The number of rotatable bonds is 6. The highest BCUT2D eigenvalue weighted by Crippen LogP contribution is 2.16. The van der Waals surface area contributed by atoms with Gasteiger partial charge in [-0.1, -0.05) is 20.8 Å². The third-order valence-electron chi connectivity index (χ3n) is 3.26. The van der Waals surface area contributed by atoms with Crippen LogP contribution in [0.1, 0.15) is 44.4 Å². The maximum Gasteiger partial charge on any atom is 0.159 e. The van der Waals surface area contributed by atoms with E-state index >= 15 is 0 Å². The average Bonchev–Trinajstić information content (AvgIpc) is 2.90. The van der Waals surface area contributed by atoms with Gasteiger partial charge in [-0.15, -0.1) is 0 Å². The Balaban J connectivity index is 2.50. The molecule has 0 aliphatic rings. The number of hydrogen-bond donors (Lipinski definition) is 1. The van der Waals surface area contributed by atoms with Crippen molar-refractivity contribution >= 4 is 5.82 Å². The molecular weight excluding hydrogens is 250 g/mol. The summed E-state index contributed by atoms with van der Waals surface area (Å²) in [6.07, 6.45) is 3.79. The second kappa shape index (κ2) is 6.50. The van der Waals surface area contributed by atoms with Crippen molar-refractivity contribution in [3.8, 4) is 5.82 Å². The molecule has 0 saturated carbocycles. The van der Waals surface area contributed by atoms with E-state index in [1.54, 1.807) is 0 Å². The molecule has 0 spiro atoms. The third kappa shape index (κ3) is 2.98. The fourth-order valence-electron chi connectivity index (χ4n) is 2.15. The molecule has 5 nitrogen and oxygen atoms in total. The zero-order chi connectivity index (χ0) is 14.5. The number of anilines is 1. The summed E-state index contributed by atoms with van der Waals surface area (Å²) in [5.41, 5.74) is 2.29. The smallest absolute Gasteiger partial charge is 0.159 e. The number of aryl methyl sites for hydroxylation is 3. The summed E-state index contributed by atoms with van der Waals surface area (Å²) in [6, 6.07) is 4.10. The van der Waals surface area contributed by atoms with Crippen LogP contribution in [0, 0.1) is 0 Å². The summed E-state index contributed by atoms with van der Waals surface area (Å²) in [5, 5.41) is 7.75. The summed E-state index contributed by atoms with van der Waals surface area (Å²) >= 11 is 0. The number of aromatic nitrogens is 4. The molecule has 0 saturated heterocycles. The van der Waals surface area contributed by atoms with Gasteiger partial charge in [0.2, 0.25) is 0 Å². The molecule has 0 atom stereocenters. The fourth-order valence-corrected chi connectivity index (χ4v) is 2.15. The lowest BCUT2D eigenvalue weighted by molar-refractivity contribution is 0.747. The first-order valence-corrected chi connectivity index (χ1v) is 7.35. The van der Waals surface area contributed by atoms with Crippen LogP contribution < -0.4 is 5.32 Å². The van der Waals surface area contributed by atoms with Gasteiger partial charge < -0.3 is 5.32 Å². The topological polar surface area (TPSA) is 55.6 Å². The van der Waals surface area contributed by atoms with E-state index in [0.717, 1.165) is 48.8 Å². The Bertz CT molecular complexity index is 574. The van der Waals surface area contributed by atoms with Crippen LogP contribution in [0.15, 0.2) is 12.1 Å². The monoisotopic (exact) mass is 273 g/mol. The maximum atomic E-state index is 4.65. The summed E-state index contributed by atoms with van der Waals surface area (Å²) in [6.45, 7) is 6.39. The first-order valence-electron chi connectivity index (χ1n) is 7.35. The quantitative estimate of drug-likeness (QED) is 0.879. The molecule has 0 aliphatic heterocycles. The fraction of sp³-hybridized carbons (Fsp3) is 0.533. The summed E-state index contributed by atoms with van der Waals surface area (Å²) in [4.78, 5) is 9.13. The van der Waals surface area contributed by atoms with Crippen molar-refractivity contribution in [3.05, 3.63) is 29.3 Å². The second-order valence-corrected chi connectivity index (χ2v) is 4.77. The van der Waals surface area contributed by atoms with Gasteiger partial charge in [0.05, 0.1) is 5.69 Å². The molecular formula is C15H23N5. The predicted molar refractivity (Wildman–Crippen MR) is 81.5 cm³/mol. The van der Waals surface area contributed by atoms with Crippen LogP contribution in [-0.2, 0) is 19.3 Å². The highest BCUT2D eigenvalue weighted by Gasteiger charge is 2.11. The Kier molecular flexibility index (Phi) is 4.71. The van der Waals surface area contributed by atoms with Gasteiger partial charge in [0, 0.05) is 25.2 Å². The van der Waals surface area contributed by atoms with Crippen molar-refractivity contribution < 1.29 is 0 Å². The maximum absolute atomic E-state index is 4.65. The largest absolute Gasteiger partial charge is 0.373 e.